The topological polar surface area (TPSA) is 42.7 Å². The first-order valence-corrected chi connectivity index (χ1v) is 7.75. The van der Waals surface area contributed by atoms with Crippen molar-refractivity contribution in [1.29, 1.82) is 0 Å². The average molecular weight is 276 g/mol. The lowest BCUT2D eigenvalue weighted by atomic mass is 9.99. The average Bonchev–Trinajstić information content (AvgIpc) is 2.95. The van der Waals surface area contributed by atoms with Gasteiger partial charge in [0.2, 0.25) is 0 Å². The van der Waals surface area contributed by atoms with Crippen LogP contribution in [0.4, 0.5) is 0 Å². The van der Waals surface area contributed by atoms with Crippen LogP contribution in [-0.4, -0.2) is 21.1 Å². The number of aryl methyl sites for hydroxylation is 3. The van der Waals surface area contributed by atoms with Crippen LogP contribution in [0.3, 0.4) is 0 Å². The summed E-state index contributed by atoms with van der Waals surface area (Å²) in [6.45, 7) is 7.21. The highest BCUT2D eigenvalue weighted by Crippen LogP contribution is 2.26. The summed E-state index contributed by atoms with van der Waals surface area (Å²) in [5.41, 5.74) is 4.21. The van der Waals surface area contributed by atoms with Crippen LogP contribution < -0.4 is 5.32 Å². The van der Waals surface area contributed by atoms with Crippen molar-refractivity contribution in [1.82, 2.24) is 19.9 Å². The van der Waals surface area contributed by atoms with Gasteiger partial charge in [0, 0.05) is 36.6 Å². The van der Waals surface area contributed by atoms with Gasteiger partial charge in [-0.05, 0) is 26.7 Å². The first-order chi connectivity index (χ1) is 9.24. The maximum Gasteiger partial charge on any atom is 0.113 e. The molecule has 0 saturated heterocycles. The molecule has 0 unspecified atom stereocenters. The molecule has 2 aromatic rings. The number of hydrogen-bond acceptors (Lipinski definition) is 4. The predicted molar refractivity (Wildman–Crippen MR) is 77.5 cm³/mol. The van der Waals surface area contributed by atoms with E-state index in [4.69, 9.17) is 0 Å². The Balaban J connectivity index is 1.60. The Morgan fingerprint density at radius 1 is 1.47 bits per heavy atom. The minimum atomic E-state index is 0.552. The van der Waals surface area contributed by atoms with Crippen molar-refractivity contribution in [2.45, 2.75) is 45.7 Å². The summed E-state index contributed by atoms with van der Waals surface area (Å²) in [5, 5.41) is 3.57. The van der Waals surface area contributed by atoms with Crippen molar-refractivity contribution < 1.29 is 0 Å². The molecule has 1 aliphatic heterocycles. The molecular weight excluding hydrogens is 256 g/mol. The molecule has 2 aromatic heterocycles. The van der Waals surface area contributed by atoms with Crippen molar-refractivity contribution in [3.05, 3.63) is 33.8 Å². The highest BCUT2D eigenvalue weighted by molar-refractivity contribution is 7.09. The molecule has 0 saturated carbocycles. The molecule has 1 aliphatic rings. The standard InChI is InChI=1S/C14H20N4S/c1-10-8-18-5-3-4-12(14(18)17-10)6-15-7-13-11(2)16-9-19-13/h8-9,12,15H,3-7H2,1-2H3/t12-/m0/s1. The van der Waals surface area contributed by atoms with E-state index in [-0.39, 0.29) is 0 Å². The molecule has 0 aromatic carbocycles. The van der Waals surface area contributed by atoms with Gasteiger partial charge in [-0.3, -0.25) is 0 Å². The van der Waals surface area contributed by atoms with E-state index in [1.165, 1.54) is 23.5 Å². The number of imidazole rings is 1. The second-order valence-electron chi connectivity index (χ2n) is 5.26. The molecule has 0 radical (unpaired) electrons. The van der Waals surface area contributed by atoms with E-state index < -0.39 is 0 Å². The quantitative estimate of drug-likeness (QED) is 0.933. The van der Waals surface area contributed by atoms with Gasteiger partial charge in [0.15, 0.2) is 0 Å². The highest BCUT2D eigenvalue weighted by Gasteiger charge is 2.21. The second kappa shape index (κ2) is 5.43. The van der Waals surface area contributed by atoms with E-state index in [2.05, 4.69) is 39.9 Å². The van der Waals surface area contributed by atoms with Crippen molar-refractivity contribution >= 4 is 11.3 Å². The smallest absolute Gasteiger partial charge is 0.113 e. The normalized spacial score (nSPS) is 18.5. The summed E-state index contributed by atoms with van der Waals surface area (Å²) in [6.07, 6.45) is 4.68. The molecule has 4 nitrogen and oxygen atoms in total. The van der Waals surface area contributed by atoms with Crippen LogP contribution in [-0.2, 0) is 13.1 Å². The first-order valence-electron chi connectivity index (χ1n) is 6.87. The molecule has 102 valence electrons. The summed E-state index contributed by atoms with van der Waals surface area (Å²) in [5.74, 6) is 1.81. The summed E-state index contributed by atoms with van der Waals surface area (Å²) in [7, 11) is 0. The zero-order valence-electron chi connectivity index (χ0n) is 11.5. The molecular formula is C14H20N4S. The van der Waals surface area contributed by atoms with Crippen LogP contribution in [0.1, 0.15) is 40.8 Å². The summed E-state index contributed by atoms with van der Waals surface area (Å²) in [4.78, 5) is 10.3. The third-order valence-electron chi connectivity index (χ3n) is 3.77. The zero-order valence-corrected chi connectivity index (χ0v) is 12.3. The van der Waals surface area contributed by atoms with Gasteiger partial charge in [0.1, 0.15) is 5.82 Å². The SMILES string of the molecule is Cc1cn2c(n1)[C@H](CNCc1scnc1C)CCC2. The van der Waals surface area contributed by atoms with E-state index in [1.54, 1.807) is 11.3 Å². The Bertz CT molecular complexity index is 558. The number of nitrogens with one attached hydrogen (secondary N) is 1. The van der Waals surface area contributed by atoms with Crippen LogP contribution in [0.5, 0.6) is 0 Å². The van der Waals surface area contributed by atoms with Crippen molar-refractivity contribution in [2.24, 2.45) is 0 Å². The molecule has 0 aliphatic carbocycles. The Labute approximate surface area is 117 Å². The summed E-state index contributed by atoms with van der Waals surface area (Å²) >= 11 is 1.73. The molecule has 1 atom stereocenters. The molecule has 0 fully saturated rings. The van der Waals surface area contributed by atoms with Gasteiger partial charge < -0.3 is 9.88 Å². The Hall–Kier alpha value is -1.20. The van der Waals surface area contributed by atoms with E-state index in [9.17, 15) is 0 Å². The monoisotopic (exact) mass is 276 g/mol. The molecule has 3 heterocycles. The molecule has 0 bridgehead atoms. The van der Waals surface area contributed by atoms with Gasteiger partial charge in [-0.15, -0.1) is 11.3 Å². The van der Waals surface area contributed by atoms with Gasteiger partial charge in [-0.25, -0.2) is 9.97 Å². The van der Waals surface area contributed by atoms with Crippen molar-refractivity contribution in [3.8, 4) is 0 Å². The Morgan fingerprint density at radius 3 is 3.16 bits per heavy atom. The minimum Gasteiger partial charge on any atom is -0.334 e. The lowest BCUT2D eigenvalue weighted by Gasteiger charge is -2.23. The maximum absolute atomic E-state index is 4.68. The summed E-state index contributed by atoms with van der Waals surface area (Å²) < 4.78 is 2.32. The van der Waals surface area contributed by atoms with E-state index in [0.29, 0.717) is 5.92 Å². The van der Waals surface area contributed by atoms with Crippen LogP contribution in [0.2, 0.25) is 0 Å². The molecule has 1 N–H and O–H groups in total. The van der Waals surface area contributed by atoms with E-state index in [1.807, 2.05) is 5.51 Å². The van der Waals surface area contributed by atoms with E-state index in [0.717, 1.165) is 31.0 Å². The lowest BCUT2D eigenvalue weighted by molar-refractivity contribution is 0.423. The number of aromatic nitrogens is 3. The highest BCUT2D eigenvalue weighted by atomic mass is 32.1. The third-order valence-corrected chi connectivity index (χ3v) is 4.70. The first kappa shape index (κ1) is 12.8. The number of fused-ring (bicyclic) bond motifs is 1. The molecule has 19 heavy (non-hydrogen) atoms. The largest absolute Gasteiger partial charge is 0.334 e. The van der Waals surface area contributed by atoms with Gasteiger partial charge in [-0.1, -0.05) is 0 Å². The van der Waals surface area contributed by atoms with Crippen LogP contribution in [0.25, 0.3) is 0 Å². The predicted octanol–water partition coefficient (Wildman–Crippen LogP) is 2.62. The fourth-order valence-corrected chi connectivity index (χ4v) is 3.50. The maximum atomic E-state index is 4.68. The number of nitrogens with zero attached hydrogens (tertiary/aromatic N) is 3. The van der Waals surface area contributed by atoms with Gasteiger partial charge >= 0.3 is 0 Å². The Morgan fingerprint density at radius 2 is 2.37 bits per heavy atom. The molecule has 5 heteroatoms. The molecule has 0 spiro atoms. The van der Waals surface area contributed by atoms with Crippen LogP contribution in [0, 0.1) is 13.8 Å². The van der Waals surface area contributed by atoms with Crippen LogP contribution >= 0.6 is 11.3 Å². The number of hydrogen-bond donors (Lipinski definition) is 1. The van der Waals surface area contributed by atoms with Gasteiger partial charge in [0.05, 0.1) is 16.9 Å². The molecule has 0 amide bonds. The fraction of sp³-hybridized carbons (Fsp3) is 0.571. The summed E-state index contributed by atoms with van der Waals surface area (Å²) in [6, 6.07) is 0. The van der Waals surface area contributed by atoms with Crippen molar-refractivity contribution in [3.63, 3.8) is 0 Å². The van der Waals surface area contributed by atoms with Gasteiger partial charge in [0.25, 0.3) is 0 Å². The number of rotatable bonds is 4. The van der Waals surface area contributed by atoms with Gasteiger partial charge in [-0.2, -0.15) is 0 Å². The van der Waals surface area contributed by atoms with E-state index >= 15 is 0 Å². The second-order valence-corrected chi connectivity index (χ2v) is 6.20. The van der Waals surface area contributed by atoms with Crippen LogP contribution in [0.15, 0.2) is 11.7 Å². The minimum absolute atomic E-state index is 0.552. The molecule has 3 rings (SSSR count). The van der Waals surface area contributed by atoms with Crippen molar-refractivity contribution in [2.75, 3.05) is 6.54 Å². The zero-order chi connectivity index (χ0) is 13.2. The fourth-order valence-electron chi connectivity index (χ4n) is 2.76. The third kappa shape index (κ3) is 2.72. The lowest BCUT2D eigenvalue weighted by Crippen LogP contribution is -2.26. The number of thiazole rings is 1. The Kier molecular flexibility index (Phi) is 3.66.